The van der Waals surface area contributed by atoms with Gasteiger partial charge >= 0.3 is 0 Å². The Labute approximate surface area is 172 Å². The highest BCUT2D eigenvalue weighted by atomic mass is 16.2. The highest BCUT2D eigenvalue weighted by Crippen LogP contribution is 2.35. The smallest absolute Gasteiger partial charge is 0.275 e. The van der Waals surface area contributed by atoms with E-state index in [0.717, 1.165) is 37.0 Å². The second-order valence-electron chi connectivity index (χ2n) is 8.70. The van der Waals surface area contributed by atoms with Gasteiger partial charge < -0.3 is 5.32 Å². The summed E-state index contributed by atoms with van der Waals surface area (Å²) in [6, 6.07) is 7.44. The molecule has 2 fully saturated rings. The van der Waals surface area contributed by atoms with Crippen LogP contribution in [0.15, 0.2) is 29.1 Å². The number of piperidine rings is 1. The Morgan fingerprint density at radius 3 is 2.41 bits per heavy atom. The number of hydrogen-bond acceptors (Lipinski definition) is 4. The average molecular weight is 397 g/mol. The predicted octanol–water partition coefficient (Wildman–Crippen LogP) is 3.01. The summed E-state index contributed by atoms with van der Waals surface area (Å²) in [6.45, 7) is 4.80. The number of aryl methyl sites for hydroxylation is 1. The van der Waals surface area contributed by atoms with Crippen LogP contribution in [0.2, 0.25) is 0 Å². The minimum Gasteiger partial charge on any atom is -0.353 e. The first kappa shape index (κ1) is 20.1. The van der Waals surface area contributed by atoms with E-state index >= 15 is 0 Å². The fourth-order valence-electron chi connectivity index (χ4n) is 5.15. The zero-order chi connectivity index (χ0) is 20.3. The van der Waals surface area contributed by atoms with Crippen molar-refractivity contribution in [1.82, 2.24) is 20.0 Å². The number of hydrogen-bond donors (Lipinski definition) is 1. The van der Waals surface area contributed by atoms with Gasteiger partial charge in [-0.25, -0.2) is 4.68 Å². The molecule has 1 amide bonds. The van der Waals surface area contributed by atoms with E-state index in [9.17, 15) is 9.59 Å². The zero-order valence-electron chi connectivity index (χ0n) is 17.5. The molecule has 0 spiro atoms. The maximum absolute atomic E-state index is 12.8. The van der Waals surface area contributed by atoms with Crippen molar-refractivity contribution in [2.75, 3.05) is 19.6 Å². The molecule has 0 bridgehead atoms. The minimum atomic E-state index is -0.204. The van der Waals surface area contributed by atoms with Crippen LogP contribution in [0.5, 0.6) is 0 Å². The first-order chi connectivity index (χ1) is 14.1. The molecule has 1 aromatic carbocycles. The maximum Gasteiger partial charge on any atom is 0.275 e. The number of benzene rings is 1. The Morgan fingerprint density at radius 1 is 1.03 bits per heavy atom. The fraction of sp³-hybridized carbons (Fsp3) is 0.609. The van der Waals surface area contributed by atoms with E-state index in [1.807, 2.05) is 25.1 Å². The third-order valence-corrected chi connectivity index (χ3v) is 6.77. The number of aromatic nitrogens is 2. The summed E-state index contributed by atoms with van der Waals surface area (Å²) in [6.07, 6.45) is 9.89. The predicted molar refractivity (Wildman–Crippen MR) is 115 cm³/mol. The van der Waals surface area contributed by atoms with Crippen LogP contribution >= 0.6 is 0 Å². The van der Waals surface area contributed by atoms with Crippen molar-refractivity contribution in [3.63, 3.8) is 0 Å². The van der Waals surface area contributed by atoms with Gasteiger partial charge in [-0.05, 0) is 51.8 Å². The summed E-state index contributed by atoms with van der Waals surface area (Å²) in [5.74, 6) is -0.128. The Hall–Kier alpha value is -2.21. The molecule has 6 heteroatoms. The lowest BCUT2D eigenvalue weighted by Gasteiger charge is -2.48. The molecule has 29 heavy (non-hydrogen) atoms. The Kier molecular flexibility index (Phi) is 5.99. The van der Waals surface area contributed by atoms with E-state index in [0.29, 0.717) is 11.9 Å². The van der Waals surface area contributed by atoms with Crippen LogP contribution in [-0.4, -0.2) is 45.8 Å². The monoisotopic (exact) mass is 396 g/mol. The second-order valence-corrected chi connectivity index (χ2v) is 8.70. The highest BCUT2D eigenvalue weighted by Gasteiger charge is 2.38. The molecule has 1 saturated heterocycles. The number of amides is 1. The van der Waals surface area contributed by atoms with E-state index in [1.54, 1.807) is 6.07 Å². The first-order valence-corrected chi connectivity index (χ1v) is 11.1. The lowest BCUT2D eigenvalue weighted by Crippen LogP contribution is -2.58. The summed E-state index contributed by atoms with van der Waals surface area (Å²) >= 11 is 0. The molecule has 0 unspecified atom stereocenters. The van der Waals surface area contributed by atoms with E-state index < -0.39 is 0 Å². The van der Waals surface area contributed by atoms with Crippen molar-refractivity contribution in [2.24, 2.45) is 0 Å². The lowest BCUT2D eigenvalue weighted by molar-refractivity contribution is -0.122. The van der Waals surface area contributed by atoms with Gasteiger partial charge in [-0.15, -0.1) is 0 Å². The lowest BCUT2D eigenvalue weighted by atomic mass is 9.79. The molecule has 1 aliphatic carbocycles. The SMILES string of the molecule is Cc1nn(CC(=O)NCC2(N3CCCCC3)CCCCC2)c(=O)c2ccccc12. The average Bonchev–Trinajstić information content (AvgIpc) is 2.77. The van der Waals surface area contributed by atoms with Gasteiger partial charge in [-0.1, -0.05) is 43.9 Å². The van der Waals surface area contributed by atoms with Crippen molar-refractivity contribution in [3.05, 3.63) is 40.3 Å². The zero-order valence-corrected chi connectivity index (χ0v) is 17.5. The van der Waals surface area contributed by atoms with E-state index in [4.69, 9.17) is 0 Å². The normalized spacial score (nSPS) is 19.9. The topological polar surface area (TPSA) is 67.2 Å². The number of nitrogens with zero attached hydrogens (tertiary/aromatic N) is 3. The maximum atomic E-state index is 12.8. The second kappa shape index (κ2) is 8.66. The summed E-state index contributed by atoms with van der Waals surface area (Å²) in [4.78, 5) is 28.1. The van der Waals surface area contributed by atoms with Crippen molar-refractivity contribution in [2.45, 2.75) is 70.4 Å². The van der Waals surface area contributed by atoms with Gasteiger partial charge in [-0.2, -0.15) is 5.10 Å². The van der Waals surface area contributed by atoms with Crippen molar-refractivity contribution >= 4 is 16.7 Å². The van der Waals surface area contributed by atoms with Crippen molar-refractivity contribution in [3.8, 4) is 0 Å². The minimum absolute atomic E-state index is 0.0272. The van der Waals surface area contributed by atoms with Crippen LogP contribution in [-0.2, 0) is 11.3 Å². The summed E-state index contributed by atoms with van der Waals surface area (Å²) in [7, 11) is 0. The molecule has 4 rings (SSSR count). The van der Waals surface area contributed by atoms with Gasteiger partial charge in [0.25, 0.3) is 5.56 Å². The number of likely N-dealkylation sites (tertiary alicyclic amines) is 1. The molecule has 1 aromatic heterocycles. The van der Waals surface area contributed by atoms with Crippen LogP contribution in [0.25, 0.3) is 10.8 Å². The molecule has 0 atom stereocenters. The van der Waals surface area contributed by atoms with Crippen LogP contribution in [0.3, 0.4) is 0 Å². The van der Waals surface area contributed by atoms with Crippen LogP contribution < -0.4 is 10.9 Å². The van der Waals surface area contributed by atoms with Gasteiger partial charge in [0.15, 0.2) is 0 Å². The molecule has 2 aromatic rings. The van der Waals surface area contributed by atoms with Gasteiger partial charge in [-0.3, -0.25) is 14.5 Å². The number of carbonyl (C=O) groups is 1. The Bertz CT molecular complexity index is 924. The van der Waals surface area contributed by atoms with Crippen molar-refractivity contribution in [1.29, 1.82) is 0 Å². The third-order valence-electron chi connectivity index (χ3n) is 6.77. The van der Waals surface area contributed by atoms with Crippen LogP contribution in [0.1, 0.15) is 57.1 Å². The number of nitrogens with one attached hydrogen (secondary N) is 1. The Morgan fingerprint density at radius 2 is 1.69 bits per heavy atom. The summed E-state index contributed by atoms with van der Waals surface area (Å²) < 4.78 is 1.31. The van der Waals surface area contributed by atoms with E-state index in [1.165, 1.54) is 43.2 Å². The number of fused-ring (bicyclic) bond motifs is 1. The quantitative estimate of drug-likeness (QED) is 0.844. The summed E-state index contributed by atoms with van der Waals surface area (Å²) in [5, 5.41) is 8.99. The molecule has 6 nitrogen and oxygen atoms in total. The number of rotatable bonds is 5. The molecule has 1 aliphatic heterocycles. The Balaban J connectivity index is 1.47. The molecule has 1 saturated carbocycles. The van der Waals surface area contributed by atoms with Crippen LogP contribution in [0.4, 0.5) is 0 Å². The molecular formula is C23H32N4O2. The van der Waals surface area contributed by atoms with Gasteiger partial charge in [0.1, 0.15) is 6.54 Å². The molecule has 1 N–H and O–H groups in total. The molecule has 156 valence electrons. The number of carbonyl (C=O) groups excluding carboxylic acids is 1. The van der Waals surface area contributed by atoms with E-state index in [-0.39, 0.29) is 23.6 Å². The first-order valence-electron chi connectivity index (χ1n) is 11.1. The third kappa shape index (κ3) is 4.22. The van der Waals surface area contributed by atoms with E-state index in [2.05, 4.69) is 15.3 Å². The fourth-order valence-corrected chi connectivity index (χ4v) is 5.15. The van der Waals surface area contributed by atoms with Gasteiger partial charge in [0.2, 0.25) is 5.91 Å². The standard InChI is InChI=1S/C23H32N4O2/c1-18-19-10-4-5-11-20(19)22(29)27(25-18)16-21(28)24-17-23(12-6-2-7-13-23)26-14-8-3-9-15-26/h4-5,10-11H,2-3,6-9,12-17H2,1H3,(H,24,28). The van der Waals surface area contributed by atoms with Crippen LogP contribution in [0, 0.1) is 6.92 Å². The summed E-state index contributed by atoms with van der Waals surface area (Å²) in [5.41, 5.74) is 0.654. The molecule has 0 radical (unpaired) electrons. The molecule has 2 aliphatic rings. The molecular weight excluding hydrogens is 364 g/mol. The molecule has 2 heterocycles. The van der Waals surface area contributed by atoms with Gasteiger partial charge in [0.05, 0.1) is 11.1 Å². The highest BCUT2D eigenvalue weighted by molar-refractivity contribution is 5.83. The van der Waals surface area contributed by atoms with Crippen molar-refractivity contribution < 1.29 is 4.79 Å². The largest absolute Gasteiger partial charge is 0.353 e. The van der Waals surface area contributed by atoms with Gasteiger partial charge in [0, 0.05) is 17.5 Å².